The topological polar surface area (TPSA) is 87.7 Å². The second-order valence-electron chi connectivity index (χ2n) is 4.53. The van der Waals surface area contributed by atoms with E-state index in [0.29, 0.717) is 21.1 Å². The van der Waals surface area contributed by atoms with Crippen LogP contribution in [0.1, 0.15) is 22.3 Å². The number of nitrogens with one attached hydrogen (secondary N) is 2. The van der Waals surface area contributed by atoms with Crippen LogP contribution in [0.5, 0.6) is 0 Å². The molecule has 22 heavy (non-hydrogen) atoms. The Morgan fingerprint density at radius 1 is 1.41 bits per heavy atom. The van der Waals surface area contributed by atoms with E-state index in [4.69, 9.17) is 11.6 Å². The highest BCUT2D eigenvalue weighted by Gasteiger charge is 2.15. The van der Waals surface area contributed by atoms with Crippen molar-refractivity contribution >= 4 is 44.9 Å². The molecule has 0 aliphatic rings. The van der Waals surface area contributed by atoms with Crippen LogP contribution in [0.3, 0.4) is 0 Å². The van der Waals surface area contributed by atoms with Crippen molar-refractivity contribution in [2.45, 2.75) is 13.3 Å². The Bertz CT molecular complexity index is 919. The van der Waals surface area contributed by atoms with Crippen LogP contribution in [-0.2, 0) is 6.42 Å². The number of aryl methyl sites for hydroxylation is 1. The SMILES string of the molecule is CCc1nnc(NC(=O)c2c[nH]c3ccc(Cl)cc3c2=O)s1. The lowest BCUT2D eigenvalue weighted by atomic mass is 10.1. The average Bonchev–Trinajstić information content (AvgIpc) is 2.95. The second-order valence-corrected chi connectivity index (χ2v) is 6.03. The van der Waals surface area contributed by atoms with Gasteiger partial charge in [0.25, 0.3) is 5.91 Å². The minimum absolute atomic E-state index is 0.00279. The molecule has 8 heteroatoms. The van der Waals surface area contributed by atoms with Gasteiger partial charge in [0.1, 0.15) is 10.6 Å². The predicted octanol–water partition coefficient (Wildman–Crippen LogP) is 2.85. The number of hydrogen-bond donors (Lipinski definition) is 2. The van der Waals surface area contributed by atoms with E-state index in [1.165, 1.54) is 23.6 Å². The molecular weight excluding hydrogens is 324 g/mol. The van der Waals surface area contributed by atoms with Crippen molar-refractivity contribution in [3.63, 3.8) is 0 Å². The zero-order valence-corrected chi connectivity index (χ0v) is 13.1. The van der Waals surface area contributed by atoms with E-state index < -0.39 is 5.91 Å². The van der Waals surface area contributed by atoms with Gasteiger partial charge in [0.15, 0.2) is 0 Å². The van der Waals surface area contributed by atoms with E-state index in [1.54, 1.807) is 12.1 Å². The maximum absolute atomic E-state index is 12.4. The van der Waals surface area contributed by atoms with Gasteiger partial charge in [-0.25, -0.2) is 0 Å². The van der Waals surface area contributed by atoms with Crippen LogP contribution in [0.15, 0.2) is 29.2 Å². The van der Waals surface area contributed by atoms with E-state index in [-0.39, 0.29) is 11.0 Å². The Balaban J connectivity index is 1.97. The third kappa shape index (κ3) is 2.72. The molecule has 6 nitrogen and oxygen atoms in total. The van der Waals surface area contributed by atoms with Crippen LogP contribution in [0.25, 0.3) is 10.9 Å². The van der Waals surface area contributed by atoms with Crippen LogP contribution in [0.4, 0.5) is 5.13 Å². The summed E-state index contributed by atoms with van der Waals surface area (Å²) in [6.07, 6.45) is 2.12. The van der Waals surface area contributed by atoms with Crippen molar-refractivity contribution in [3.8, 4) is 0 Å². The average molecular weight is 335 g/mol. The maximum Gasteiger partial charge on any atom is 0.262 e. The number of anilines is 1. The maximum atomic E-state index is 12.4. The lowest BCUT2D eigenvalue weighted by Crippen LogP contribution is -2.21. The van der Waals surface area contributed by atoms with Gasteiger partial charge in [-0.2, -0.15) is 0 Å². The molecule has 2 aromatic heterocycles. The molecule has 0 saturated heterocycles. The molecule has 0 fully saturated rings. The predicted molar refractivity (Wildman–Crippen MR) is 86.8 cm³/mol. The standard InChI is InChI=1S/C14H11ClN4O2S/c1-2-11-18-19-14(22-11)17-13(21)9-6-16-10-4-3-7(15)5-8(10)12(9)20/h3-6H,2H2,1H3,(H,16,20)(H,17,19,21). The third-order valence-electron chi connectivity index (χ3n) is 3.08. The second kappa shape index (κ2) is 5.86. The Hall–Kier alpha value is -2.25. The van der Waals surface area contributed by atoms with Crippen LogP contribution in [-0.4, -0.2) is 21.1 Å². The monoisotopic (exact) mass is 334 g/mol. The number of benzene rings is 1. The lowest BCUT2D eigenvalue weighted by molar-refractivity contribution is 0.102. The van der Waals surface area contributed by atoms with Gasteiger partial charge in [-0.1, -0.05) is 29.9 Å². The summed E-state index contributed by atoms with van der Waals surface area (Å²) in [5, 5.41) is 12.4. The summed E-state index contributed by atoms with van der Waals surface area (Å²) < 4.78 is 0. The number of carbonyl (C=O) groups is 1. The largest absolute Gasteiger partial charge is 0.360 e. The van der Waals surface area contributed by atoms with Gasteiger partial charge in [0.05, 0.1) is 0 Å². The first-order valence-electron chi connectivity index (χ1n) is 6.53. The van der Waals surface area contributed by atoms with Crippen molar-refractivity contribution in [3.05, 3.63) is 50.2 Å². The molecule has 2 N–H and O–H groups in total. The van der Waals surface area contributed by atoms with E-state index in [9.17, 15) is 9.59 Å². The highest BCUT2D eigenvalue weighted by Crippen LogP contribution is 2.17. The van der Waals surface area contributed by atoms with Crippen molar-refractivity contribution < 1.29 is 4.79 Å². The summed E-state index contributed by atoms with van der Waals surface area (Å²) in [7, 11) is 0. The summed E-state index contributed by atoms with van der Waals surface area (Å²) in [6, 6.07) is 4.90. The number of nitrogens with zero attached hydrogens (tertiary/aromatic N) is 2. The van der Waals surface area contributed by atoms with Crippen LogP contribution in [0, 0.1) is 0 Å². The number of aromatic amines is 1. The number of H-pyrrole nitrogens is 1. The van der Waals surface area contributed by atoms with E-state index >= 15 is 0 Å². The number of rotatable bonds is 3. The number of carbonyl (C=O) groups excluding carboxylic acids is 1. The number of pyridine rings is 1. The smallest absolute Gasteiger partial charge is 0.262 e. The zero-order valence-electron chi connectivity index (χ0n) is 11.5. The summed E-state index contributed by atoms with van der Waals surface area (Å²) in [6.45, 7) is 1.95. The molecule has 0 atom stereocenters. The van der Waals surface area contributed by atoms with Gasteiger partial charge < -0.3 is 4.98 Å². The number of hydrogen-bond acceptors (Lipinski definition) is 5. The minimum atomic E-state index is -0.526. The van der Waals surface area contributed by atoms with Gasteiger partial charge in [-0.05, 0) is 24.6 Å². The zero-order chi connectivity index (χ0) is 15.7. The minimum Gasteiger partial charge on any atom is -0.360 e. The molecule has 2 heterocycles. The van der Waals surface area contributed by atoms with E-state index in [2.05, 4.69) is 20.5 Å². The molecule has 3 aromatic rings. The fourth-order valence-corrected chi connectivity index (χ4v) is 2.82. The molecule has 0 unspecified atom stereocenters. The van der Waals surface area contributed by atoms with Gasteiger partial charge >= 0.3 is 0 Å². The number of fused-ring (bicyclic) bond motifs is 1. The summed E-state index contributed by atoms with van der Waals surface area (Å²) >= 11 is 7.18. The molecule has 3 rings (SSSR count). The molecule has 112 valence electrons. The first-order valence-corrected chi connectivity index (χ1v) is 7.72. The number of halogens is 1. The molecule has 1 amide bonds. The van der Waals surface area contributed by atoms with Crippen molar-refractivity contribution in [1.82, 2.24) is 15.2 Å². The van der Waals surface area contributed by atoms with Gasteiger partial charge in [-0.15, -0.1) is 10.2 Å². The highest BCUT2D eigenvalue weighted by molar-refractivity contribution is 7.15. The quantitative estimate of drug-likeness (QED) is 0.771. The Labute approximate surface area is 134 Å². The Morgan fingerprint density at radius 2 is 2.23 bits per heavy atom. The van der Waals surface area contributed by atoms with Crippen molar-refractivity contribution in [2.75, 3.05) is 5.32 Å². The lowest BCUT2D eigenvalue weighted by Gasteiger charge is -2.03. The van der Waals surface area contributed by atoms with Crippen molar-refractivity contribution in [2.24, 2.45) is 0 Å². The van der Waals surface area contributed by atoms with Crippen molar-refractivity contribution in [1.29, 1.82) is 0 Å². The molecule has 0 aliphatic heterocycles. The highest BCUT2D eigenvalue weighted by atomic mass is 35.5. The summed E-state index contributed by atoms with van der Waals surface area (Å²) in [5.41, 5.74) is 0.243. The first kappa shape index (κ1) is 14.7. The molecule has 0 saturated carbocycles. The fraction of sp³-hybridized carbons (Fsp3) is 0.143. The van der Waals surface area contributed by atoms with Gasteiger partial charge in [-0.3, -0.25) is 14.9 Å². The molecule has 0 radical (unpaired) electrons. The summed E-state index contributed by atoms with van der Waals surface area (Å²) in [4.78, 5) is 27.6. The summed E-state index contributed by atoms with van der Waals surface area (Å²) in [5.74, 6) is -0.526. The van der Waals surface area contributed by atoms with Gasteiger partial charge in [0.2, 0.25) is 10.6 Å². The van der Waals surface area contributed by atoms with Crippen LogP contribution in [0.2, 0.25) is 5.02 Å². The molecule has 0 aliphatic carbocycles. The fourth-order valence-electron chi connectivity index (χ4n) is 1.97. The molecular formula is C14H11ClN4O2S. The molecule has 1 aromatic carbocycles. The third-order valence-corrected chi connectivity index (χ3v) is 4.30. The number of amides is 1. The normalized spacial score (nSPS) is 10.8. The van der Waals surface area contributed by atoms with Crippen LogP contribution < -0.4 is 10.7 Å². The molecule has 0 bridgehead atoms. The Kier molecular flexibility index (Phi) is 3.91. The Morgan fingerprint density at radius 3 is 2.95 bits per heavy atom. The molecule has 0 spiro atoms. The van der Waals surface area contributed by atoms with E-state index in [0.717, 1.165) is 11.4 Å². The van der Waals surface area contributed by atoms with Gasteiger partial charge in [0, 0.05) is 22.1 Å². The number of aromatic nitrogens is 3. The van der Waals surface area contributed by atoms with Crippen LogP contribution >= 0.6 is 22.9 Å². The van der Waals surface area contributed by atoms with E-state index in [1.807, 2.05) is 6.92 Å². The first-order chi connectivity index (χ1) is 10.6.